The number of nitrogens with zero attached hydrogens (tertiary/aromatic N) is 1. The Hall–Kier alpha value is -3.34. The minimum absolute atomic E-state index is 0.0209. The number of carboxylic acid groups (broad SMARTS) is 1. The number of anilines is 1. The average Bonchev–Trinajstić information content (AvgIpc) is 3.02. The van der Waals surface area contributed by atoms with Crippen LogP contribution in [0.5, 0.6) is 11.5 Å². The number of hydrogen-bond acceptors (Lipinski definition) is 7. The topological polar surface area (TPSA) is 135 Å². The van der Waals surface area contributed by atoms with Crippen LogP contribution in [-0.4, -0.2) is 67.5 Å². The van der Waals surface area contributed by atoms with E-state index in [2.05, 4.69) is 5.32 Å². The Kier molecular flexibility index (Phi) is 10.6. The fourth-order valence-electron chi connectivity index (χ4n) is 4.82. The van der Waals surface area contributed by atoms with Gasteiger partial charge in [-0.05, 0) is 36.6 Å². The van der Waals surface area contributed by atoms with Gasteiger partial charge in [0.25, 0.3) is 5.91 Å². The molecule has 3 N–H and O–H groups in total. The molecule has 3 atom stereocenters. The van der Waals surface area contributed by atoms with Gasteiger partial charge < -0.3 is 34.6 Å². The number of amides is 2. The lowest BCUT2D eigenvalue weighted by Gasteiger charge is -2.32. The number of hydrogen-bond donors (Lipinski definition) is 3. The quantitative estimate of drug-likeness (QED) is 0.335. The number of fused-ring (bicyclic) bond motifs is 1. The third kappa shape index (κ3) is 7.69. The Morgan fingerprint density at radius 3 is 2.44 bits per heavy atom. The number of aliphatic carboxylic acids is 1. The second kappa shape index (κ2) is 13.5. The Morgan fingerprint density at radius 1 is 1.15 bits per heavy atom. The van der Waals surface area contributed by atoms with Gasteiger partial charge in [0, 0.05) is 40.4 Å². The second-order valence-electron chi connectivity index (χ2n) is 11.3. The van der Waals surface area contributed by atoms with Crippen molar-refractivity contribution < 1.29 is 38.8 Å². The molecular formula is C30H39ClN2O8. The van der Waals surface area contributed by atoms with Crippen LogP contribution in [0.1, 0.15) is 57.8 Å². The molecule has 1 heterocycles. The maximum absolute atomic E-state index is 14.1. The molecule has 0 aromatic heterocycles. The number of ether oxygens (including phenoxy) is 3. The zero-order valence-corrected chi connectivity index (χ0v) is 25.0. The highest BCUT2D eigenvalue weighted by Crippen LogP contribution is 2.45. The summed E-state index contributed by atoms with van der Waals surface area (Å²) in [5.41, 5.74) is 0.901. The number of aliphatic hydroxyl groups is 1. The van der Waals surface area contributed by atoms with Gasteiger partial charge in [-0.25, -0.2) is 4.79 Å². The van der Waals surface area contributed by atoms with Crippen molar-refractivity contribution in [2.45, 2.75) is 58.8 Å². The van der Waals surface area contributed by atoms with Crippen LogP contribution >= 0.6 is 11.6 Å². The Balaban J connectivity index is 2.15. The van der Waals surface area contributed by atoms with Crippen LogP contribution in [-0.2, 0) is 19.1 Å². The maximum atomic E-state index is 14.1. The van der Waals surface area contributed by atoms with Crippen molar-refractivity contribution in [3.8, 4) is 11.5 Å². The van der Waals surface area contributed by atoms with Crippen LogP contribution in [0.3, 0.4) is 0 Å². The van der Waals surface area contributed by atoms with E-state index >= 15 is 0 Å². The predicted molar refractivity (Wildman–Crippen MR) is 155 cm³/mol. The van der Waals surface area contributed by atoms with Crippen molar-refractivity contribution in [1.82, 2.24) is 5.32 Å². The largest absolute Gasteiger partial charge is 0.493 e. The van der Waals surface area contributed by atoms with E-state index in [-0.39, 0.29) is 25.5 Å². The number of rotatable bonds is 12. The van der Waals surface area contributed by atoms with Crippen molar-refractivity contribution >= 4 is 35.1 Å². The van der Waals surface area contributed by atoms with Crippen LogP contribution in [0, 0.1) is 11.3 Å². The van der Waals surface area contributed by atoms with E-state index in [9.17, 15) is 24.6 Å². The number of benzene rings is 2. The van der Waals surface area contributed by atoms with Gasteiger partial charge in [-0.1, -0.05) is 51.4 Å². The van der Waals surface area contributed by atoms with Gasteiger partial charge in [0.15, 0.2) is 11.5 Å². The molecule has 1 aliphatic heterocycles. The molecule has 2 aromatic carbocycles. The van der Waals surface area contributed by atoms with E-state index in [1.165, 1.54) is 19.1 Å². The average molecular weight is 591 g/mol. The lowest BCUT2D eigenvalue weighted by Crippen LogP contribution is -2.48. The van der Waals surface area contributed by atoms with Gasteiger partial charge in [-0.15, -0.1) is 0 Å². The maximum Gasteiger partial charge on any atom is 0.326 e. The molecule has 0 radical (unpaired) electrons. The first-order chi connectivity index (χ1) is 19.3. The van der Waals surface area contributed by atoms with Crippen molar-refractivity contribution in [3.05, 3.63) is 52.5 Å². The van der Waals surface area contributed by atoms with Gasteiger partial charge in [-0.2, -0.15) is 0 Å². The van der Waals surface area contributed by atoms with Crippen LogP contribution in [0.15, 0.2) is 36.4 Å². The zero-order chi connectivity index (χ0) is 30.5. The molecule has 10 nitrogen and oxygen atoms in total. The molecule has 0 aliphatic carbocycles. The third-order valence-corrected chi connectivity index (χ3v) is 7.08. The lowest BCUT2D eigenvalue weighted by atomic mass is 9.92. The highest BCUT2D eigenvalue weighted by atomic mass is 35.5. The Labute approximate surface area is 245 Å². The highest BCUT2D eigenvalue weighted by Gasteiger charge is 2.41. The van der Waals surface area contributed by atoms with E-state index in [1.807, 2.05) is 27.7 Å². The van der Waals surface area contributed by atoms with E-state index < -0.39 is 47.9 Å². The Morgan fingerprint density at radius 2 is 1.85 bits per heavy atom. The van der Waals surface area contributed by atoms with Crippen molar-refractivity contribution in [2.75, 3.05) is 32.3 Å². The fraction of sp³-hybridized carbons (Fsp3) is 0.500. The predicted octanol–water partition coefficient (Wildman–Crippen LogP) is 4.20. The van der Waals surface area contributed by atoms with E-state index in [0.717, 1.165) is 0 Å². The molecule has 2 aromatic rings. The fourth-order valence-corrected chi connectivity index (χ4v) is 5.00. The number of carbonyl (C=O) groups excluding carboxylic acids is 2. The minimum Gasteiger partial charge on any atom is -0.493 e. The molecular weight excluding hydrogens is 552 g/mol. The van der Waals surface area contributed by atoms with Crippen LogP contribution in [0.2, 0.25) is 5.02 Å². The van der Waals surface area contributed by atoms with E-state index in [1.54, 1.807) is 36.4 Å². The van der Waals surface area contributed by atoms with Crippen LogP contribution < -0.4 is 19.7 Å². The monoisotopic (exact) mass is 590 g/mol. The smallest absolute Gasteiger partial charge is 0.326 e. The highest BCUT2D eigenvalue weighted by molar-refractivity contribution is 6.30. The molecule has 0 fully saturated rings. The number of carboxylic acids is 1. The van der Waals surface area contributed by atoms with Gasteiger partial charge in [-0.3, -0.25) is 9.59 Å². The first kappa shape index (κ1) is 32.2. The third-order valence-electron chi connectivity index (χ3n) is 6.85. The molecule has 11 heteroatoms. The molecule has 0 unspecified atom stereocenters. The van der Waals surface area contributed by atoms with E-state index in [4.69, 9.17) is 25.8 Å². The second-order valence-corrected chi connectivity index (χ2v) is 11.8. The molecule has 3 rings (SSSR count). The summed E-state index contributed by atoms with van der Waals surface area (Å²) in [7, 11) is 3.00. The number of halogens is 1. The number of methoxy groups -OCH3 is 2. The molecule has 1 aliphatic rings. The number of nitrogens with one attached hydrogen (secondary N) is 1. The number of aliphatic hydroxyl groups excluding tert-OH is 1. The van der Waals surface area contributed by atoms with Crippen molar-refractivity contribution in [2.24, 2.45) is 11.3 Å². The van der Waals surface area contributed by atoms with Crippen molar-refractivity contribution in [1.29, 1.82) is 0 Å². The van der Waals surface area contributed by atoms with Gasteiger partial charge in [0.2, 0.25) is 5.91 Å². The summed E-state index contributed by atoms with van der Waals surface area (Å²) in [4.78, 5) is 40.6. The normalized spacial score (nSPS) is 18.0. The van der Waals surface area contributed by atoms with Crippen molar-refractivity contribution in [3.63, 3.8) is 0 Å². The molecule has 0 bridgehead atoms. The van der Waals surface area contributed by atoms with Gasteiger partial charge in [0.05, 0.1) is 20.6 Å². The summed E-state index contributed by atoms with van der Waals surface area (Å²) in [5.74, 6) is -1.46. The summed E-state index contributed by atoms with van der Waals surface area (Å²) in [6.45, 7) is 7.26. The summed E-state index contributed by atoms with van der Waals surface area (Å²) in [5, 5.41) is 22.6. The molecule has 0 spiro atoms. The van der Waals surface area contributed by atoms with Gasteiger partial charge >= 0.3 is 5.97 Å². The minimum atomic E-state index is -1.30. The molecule has 224 valence electrons. The summed E-state index contributed by atoms with van der Waals surface area (Å²) in [6, 6.07) is 9.20. The number of para-hydroxylation sites is 1. The molecule has 41 heavy (non-hydrogen) atoms. The van der Waals surface area contributed by atoms with Gasteiger partial charge in [0.1, 0.15) is 18.2 Å². The molecule has 0 saturated heterocycles. The van der Waals surface area contributed by atoms with Crippen LogP contribution in [0.25, 0.3) is 0 Å². The van der Waals surface area contributed by atoms with E-state index in [0.29, 0.717) is 33.3 Å². The van der Waals surface area contributed by atoms with Crippen LogP contribution in [0.4, 0.5) is 5.69 Å². The summed E-state index contributed by atoms with van der Waals surface area (Å²) < 4.78 is 17.6. The standard InChI is InChI=1S/C30H39ClN2O8/c1-17(2)12-21(29(37)38)32-25(35)14-24-28(36)33(15-30(3,4)16-34)22-11-10-18(31)13-20(22)26(41-24)19-8-7-9-23(39-5)27(19)40-6/h7-11,13,17,21,24,26,34H,12,14-16H2,1-6H3,(H,32,35)(H,37,38)/t21-,24-,26-/m1/s1. The first-order valence-electron chi connectivity index (χ1n) is 13.4. The zero-order valence-electron chi connectivity index (χ0n) is 24.3. The molecule has 0 saturated carbocycles. The SMILES string of the molecule is COc1cccc([C@H]2O[C@H](CC(=O)N[C@H](CC(C)C)C(=O)O)C(=O)N(CC(C)(C)CO)c3ccc(Cl)cc32)c1OC. The summed E-state index contributed by atoms with van der Waals surface area (Å²) in [6.07, 6.45) is -2.42. The first-order valence-corrected chi connectivity index (χ1v) is 13.8. The molecule has 2 amide bonds. The Bertz CT molecular complexity index is 1270. The lowest BCUT2D eigenvalue weighted by molar-refractivity contribution is -0.144. The number of carbonyl (C=O) groups is 3. The summed E-state index contributed by atoms with van der Waals surface area (Å²) >= 11 is 6.43.